The molecule has 7 heteroatoms. The van der Waals surface area contributed by atoms with Gasteiger partial charge in [0.05, 0.1) is 12.2 Å². The number of pyridine rings is 1. The van der Waals surface area contributed by atoms with E-state index in [0.29, 0.717) is 18.7 Å². The molecule has 2 aromatic rings. The van der Waals surface area contributed by atoms with E-state index in [1.807, 2.05) is 31.3 Å². The third-order valence-electron chi connectivity index (χ3n) is 4.91. The summed E-state index contributed by atoms with van der Waals surface area (Å²) in [6.07, 6.45) is 3.21. The first kappa shape index (κ1) is 17.7. The molecule has 2 aliphatic rings. The maximum atomic E-state index is 12.0. The predicted molar refractivity (Wildman–Crippen MR) is 106 cm³/mol. The molecule has 0 bridgehead atoms. The summed E-state index contributed by atoms with van der Waals surface area (Å²) in [5.74, 6) is 0.842. The van der Waals surface area contributed by atoms with Gasteiger partial charge in [-0.15, -0.1) is 0 Å². The van der Waals surface area contributed by atoms with Crippen LogP contribution in [-0.4, -0.2) is 37.1 Å². The largest absolute Gasteiger partial charge is 0.490 e. The second kappa shape index (κ2) is 7.12. The fourth-order valence-electron chi connectivity index (χ4n) is 3.44. The van der Waals surface area contributed by atoms with Gasteiger partial charge in [-0.25, -0.2) is 0 Å². The number of halogens is 1. The van der Waals surface area contributed by atoms with Crippen LogP contribution in [0.2, 0.25) is 5.02 Å². The van der Waals surface area contributed by atoms with Crippen LogP contribution in [0.15, 0.2) is 41.2 Å². The lowest BCUT2D eigenvalue weighted by atomic mass is 9.98. The summed E-state index contributed by atoms with van der Waals surface area (Å²) in [5.41, 5.74) is 3.07. The van der Waals surface area contributed by atoms with Crippen molar-refractivity contribution in [2.75, 3.05) is 25.1 Å². The highest BCUT2D eigenvalue weighted by Gasteiger charge is 2.22. The highest BCUT2D eigenvalue weighted by Crippen LogP contribution is 2.35. The van der Waals surface area contributed by atoms with Crippen molar-refractivity contribution < 1.29 is 9.53 Å². The fourth-order valence-corrected chi connectivity index (χ4v) is 3.55. The third-order valence-corrected chi connectivity index (χ3v) is 5.21. The Morgan fingerprint density at radius 3 is 2.89 bits per heavy atom. The number of benzene rings is 1. The van der Waals surface area contributed by atoms with Gasteiger partial charge in [0.25, 0.3) is 5.56 Å². The number of likely N-dealkylation sites (N-methyl/N-ethyl adjacent to an activating group) is 1. The Labute approximate surface area is 161 Å². The van der Waals surface area contributed by atoms with Gasteiger partial charge < -0.3 is 19.9 Å². The number of H-pyrrole nitrogens is 1. The van der Waals surface area contributed by atoms with Crippen LogP contribution < -0.4 is 20.5 Å². The summed E-state index contributed by atoms with van der Waals surface area (Å²) in [7, 11) is 2.03. The number of rotatable bonds is 3. The molecular formula is C20H20ClN3O3. The van der Waals surface area contributed by atoms with E-state index in [4.69, 9.17) is 16.3 Å². The molecule has 1 aromatic carbocycles. The molecule has 0 spiro atoms. The Hall–Kier alpha value is -2.73. The highest BCUT2D eigenvalue weighted by molar-refractivity contribution is 6.30. The van der Waals surface area contributed by atoms with E-state index >= 15 is 0 Å². The number of ether oxygens (including phenoxy) is 1. The van der Waals surface area contributed by atoms with Gasteiger partial charge in [-0.05, 0) is 36.2 Å². The van der Waals surface area contributed by atoms with Crippen molar-refractivity contribution in [3.8, 4) is 5.75 Å². The average Bonchev–Trinajstić information content (AvgIpc) is 3.07. The van der Waals surface area contributed by atoms with Crippen molar-refractivity contribution in [1.29, 1.82) is 0 Å². The average molecular weight is 386 g/mol. The molecule has 1 aromatic heterocycles. The van der Waals surface area contributed by atoms with Crippen LogP contribution in [0.1, 0.15) is 24.1 Å². The first-order valence-corrected chi connectivity index (χ1v) is 9.28. The summed E-state index contributed by atoms with van der Waals surface area (Å²) in [5, 5.41) is 3.09. The second-order valence-corrected chi connectivity index (χ2v) is 7.20. The van der Waals surface area contributed by atoms with Crippen LogP contribution in [0.5, 0.6) is 5.75 Å². The van der Waals surface area contributed by atoms with Crippen molar-refractivity contribution in [1.82, 2.24) is 10.3 Å². The molecule has 2 aliphatic heterocycles. The van der Waals surface area contributed by atoms with Gasteiger partial charge in [0.2, 0.25) is 5.91 Å². The topological polar surface area (TPSA) is 74.4 Å². The molecule has 140 valence electrons. The van der Waals surface area contributed by atoms with E-state index in [2.05, 4.69) is 15.2 Å². The van der Waals surface area contributed by atoms with Crippen LogP contribution in [0.4, 0.5) is 5.69 Å². The molecule has 4 rings (SSSR count). The molecule has 0 saturated carbocycles. The van der Waals surface area contributed by atoms with Gasteiger partial charge in [0.15, 0.2) is 0 Å². The van der Waals surface area contributed by atoms with E-state index in [1.54, 1.807) is 12.1 Å². The standard InChI is InChI=1S/C20H20ClN3O3/c1-24-8-9-27-18-10-12(2-6-17(18)24)14(11-13-3-7-19(25)22-13)16-5-4-15(21)20(26)23-16/h2,4-6,10-11,13H,3,7-9H2,1H3,(H,22,25)(H,23,26)/b14-11+/t13-/m1/s1. The Morgan fingerprint density at radius 2 is 2.15 bits per heavy atom. The number of nitrogens with zero attached hydrogens (tertiary/aromatic N) is 1. The Kier molecular flexibility index (Phi) is 4.66. The molecule has 0 radical (unpaired) electrons. The van der Waals surface area contributed by atoms with Crippen molar-refractivity contribution in [2.45, 2.75) is 18.9 Å². The van der Waals surface area contributed by atoms with Gasteiger partial charge in [-0.3, -0.25) is 9.59 Å². The smallest absolute Gasteiger partial charge is 0.267 e. The summed E-state index contributed by atoms with van der Waals surface area (Å²) in [6.45, 7) is 1.47. The lowest BCUT2D eigenvalue weighted by molar-refractivity contribution is -0.119. The van der Waals surface area contributed by atoms with Gasteiger partial charge in [0, 0.05) is 30.8 Å². The number of aromatic amines is 1. The number of amides is 1. The molecule has 1 fully saturated rings. The Morgan fingerprint density at radius 1 is 1.30 bits per heavy atom. The van der Waals surface area contributed by atoms with Crippen molar-refractivity contribution in [3.63, 3.8) is 0 Å². The molecule has 27 heavy (non-hydrogen) atoms. The van der Waals surface area contributed by atoms with Crippen molar-refractivity contribution in [3.05, 3.63) is 63.0 Å². The van der Waals surface area contributed by atoms with Gasteiger partial charge >= 0.3 is 0 Å². The molecule has 1 saturated heterocycles. The van der Waals surface area contributed by atoms with Crippen molar-refractivity contribution >= 4 is 28.8 Å². The molecule has 1 amide bonds. The Bertz CT molecular complexity index is 983. The number of carbonyl (C=O) groups is 1. The second-order valence-electron chi connectivity index (χ2n) is 6.79. The minimum atomic E-state index is -0.343. The van der Waals surface area contributed by atoms with Crippen LogP contribution in [0.25, 0.3) is 5.57 Å². The quantitative estimate of drug-likeness (QED) is 0.851. The number of nitrogens with one attached hydrogen (secondary N) is 2. The van der Waals surface area contributed by atoms with Gasteiger partial charge in [-0.1, -0.05) is 23.7 Å². The highest BCUT2D eigenvalue weighted by atomic mass is 35.5. The molecule has 0 aliphatic carbocycles. The van der Waals surface area contributed by atoms with Crippen LogP contribution in [0.3, 0.4) is 0 Å². The van der Waals surface area contributed by atoms with E-state index < -0.39 is 0 Å². The molecule has 0 unspecified atom stereocenters. The van der Waals surface area contributed by atoms with Gasteiger partial charge in [0.1, 0.15) is 17.4 Å². The fraction of sp³-hybridized carbons (Fsp3) is 0.300. The zero-order valence-electron chi connectivity index (χ0n) is 14.9. The third kappa shape index (κ3) is 3.57. The summed E-state index contributed by atoms with van der Waals surface area (Å²) < 4.78 is 5.82. The van der Waals surface area contributed by atoms with Crippen LogP contribution in [0, 0.1) is 0 Å². The number of aromatic nitrogens is 1. The van der Waals surface area contributed by atoms with Crippen molar-refractivity contribution in [2.24, 2.45) is 0 Å². The Balaban J connectivity index is 1.80. The van der Waals surface area contributed by atoms with E-state index in [1.165, 1.54) is 0 Å². The first-order chi connectivity index (χ1) is 13.0. The maximum Gasteiger partial charge on any atom is 0.267 e. The maximum absolute atomic E-state index is 12.0. The summed E-state index contributed by atoms with van der Waals surface area (Å²) in [6, 6.07) is 9.27. The predicted octanol–water partition coefficient (Wildman–Crippen LogP) is 2.57. The molecule has 2 N–H and O–H groups in total. The number of hydrogen-bond donors (Lipinski definition) is 2. The number of carbonyl (C=O) groups excluding carboxylic acids is 1. The van der Waals surface area contributed by atoms with Gasteiger partial charge in [-0.2, -0.15) is 0 Å². The summed E-state index contributed by atoms with van der Waals surface area (Å²) in [4.78, 5) is 28.6. The SMILES string of the molecule is CN1CCOc2cc(/C(=C\[C@H]3CCC(=O)N3)c3ccc(Cl)c(=O)[nH]3)ccc21. The number of hydrogen-bond acceptors (Lipinski definition) is 4. The lowest BCUT2D eigenvalue weighted by Crippen LogP contribution is -2.28. The van der Waals surface area contributed by atoms with Crippen LogP contribution >= 0.6 is 11.6 Å². The monoisotopic (exact) mass is 385 g/mol. The number of fused-ring (bicyclic) bond motifs is 1. The minimum absolute atomic E-state index is 0.0376. The molecule has 1 atom stereocenters. The van der Waals surface area contributed by atoms with E-state index in [-0.39, 0.29) is 22.5 Å². The molecule has 3 heterocycles. The normalized spacial score (nSPS) is 19.5. The summed E-state index contributed by atoms with van der Waals surface area (Å²) >= 11 is 5.89. The van der Waals surface area contributed by atoms with E-state index in [0.717, 1.165) is 35.5 Å². The van der Waals surface area contributed by atoms with E-state index in [9.17, 15) is 9.59 Å². The lowest BCUT2D eigenvalue weighted by Gasteiger charge is -2.28. The minimum Gasteiger partial charge on any atom is -0.490 e. The molecule has 6 nitrogen and oxygen atoms in total. The molecular weight excluding hydrogens is 366 g/mol. The first-order valence-electron chi connectivity index (χ1n) is 8.90. The van der Waals surface area contributed by atoms with Crippen LogP contribution in [-0.2, 0) is 4.79 Å². The zero-order chi connectivity index (χ0) is 19.0. The zero-order valence-corrected chi connectivity index (χ0v) is 15.7. The number of anilines is 1.